The summed E-state index contributed by atoms with van der Waals surface area (Å²) in [5.74, 6) is -9.40. The molecule has 1 nitrogen and oxygen atoms in total. The molecule has 0 bridgehead atoms. The van der Waals surface area contributed by atoms with Gasteiger partial charge in [0, 0.05) is 24.1 Å². The third-order valence-corrected chi connectivity index (χ3v) is 6.55. The van der Waals surface area contributed by atoms with Gasteiger partial charge in [-0.1, -0.05) is 50.3 Å². The van der Waals surface area contributed by atoms with Crippen molar-refractivity contribution in [3.63, 3.8) is 0 Å². The molecular formula is C34H24F12O. The number of unbranched alkanes of at least 4 members (excludes halogenated alkanes) is 2. The topological polar surface area (TPSA) is 9.23 Å². The van der Waals surface area contributed by atoms with Crippen molar-refractivity contribution in [3.8, 4) is 28.7 Å². The van der Waals surface area contributed by atoms with Crippen LogP contribution in [0.1, 0.15) is 49.3 Å². The fraction of sp³-hybridized carbons (Fsp3) is 0.235. The zero-order chi connectivity index (χ0) is 35.1. The molecule has 0 saturated carbocycles. The molecule has 0 aliphatic rings. The first-order valence-electron chi connectivity index (χ1n) is 13.8. The van der Waals surface area contributed by atoms with Crippen molar-refractivity contribution < 1.29 is 57.4 Å². The first-order valence-corrected chi connectivity index (χ1v) is 13.8. The Hall–Kier alpha value is -4.60. The van der Waals surface area contributed by atoms with Gasteiger partial charge in [-0.25, -0.2) is 30.7 Å². The molecule has 0 aliphatic heterocycles. The van der Waals surface area contributed by atoms with Crippen LogP contribution in [-0.2, 0) is 12.5 Å². The molecule has 0 radical (unpaired) electrons. The number of alkyl halides is 5. The lowest BCUT2D eigenvalue weighted by Gasteiger charge is -2.20. The first kappa shape index (κ1) is 36.9. The van der Waals surface area contributed by atoms with Crippen LogP contribution in [0.25, 0.3) is 11.1 Å². The molecule has 0 aromatic heterocycles. The number of allylic oxidation sites excluding steroid dienone is 5. The molecule has 0 amide bonds. The summed E-state index contributed by atoms with van der Waals surface area (Å²) in [6.45, 7) is 4.76. The first-order chi connectivity index (χ1) is 22.0. The molecule has 47 heavy (non-hydrogen) atoms. The van der Waals surface area contributed by atoms with Crippen molar-refractivity contribution in [1.29, 1.82) is 0 Å². The van der Waals surface area contributed by atoms with Gasteiger partial charge in [0.1, 0.15) is 57.6 Å². The summed E-state index contributed by atoms with van der Waals surface area (Å²) < 4.78 is 173. The van der Waals surface area contributed by atoms with Crippen LogP contribution in [0.2, 0.25) is 0 Å². The van der Waals surface area contributed by atoms with Gasteiger partial charge >= 0.3 is 12.3 Å². The molecule has 0 saturated heterocycles. The molecule has 3 aromatic rings. The second-order valence-corrected chi connectivity index (χ2v) is 9.95. The van der Waals surface area contributed by atoms with E-state index >= 15 is 0 Å². The van der Waals surface area contributed by atoms with Crippen LogP contribution >= 0.6 is 0 Å². The molecule has 0 atom stereocenters. The minimum atomic E-state index is -5.44. The Morgan fingerprint density at radius 2 is 1.45 bits per heavy atom. The molecule has 0 aliphatic carbocycles. The fourth-order valence-electron chi connectivity index (χ4n) is 4.33. The summed E-state index contributed by atoms with van der Waals surface area (Å²) in [6, 6.07) is 5.22. The number of benzene rings is 3. The molecule has 250 valence electrons. The van der Waals surface area contributed by atoms with Crippen molar-refractivity contribution in [1.82, 2.24) is 0 Å². The monoisotopic (exact) mass is 676 g/mol. The Morgan fingerprint density at radius 3 is 1.98 bits per heavy atom. The van der Waals surface area contributed by atoms with Crippen LogP contribution in [0.15, 0.2) is 78.4 Å². The second-order valence-electron chi connectivity index (χ2n) is 9.95. The van der Waals surface area contributed by atoms with Crippen molar-refractivity contribution in [2.45, 2.75) is 51.3 Å². The third kappa shape index (κ3) is 9.24. The summed E-state index contributed by atoms with van der Waals surface area (Å²) in [5.41, 5.74) is -5.35. The highest BCUT2D eigenvalue weighted by Gasteiger charge is 2.42. The normalized spacial score (nSPS) is 12.7. The van der Waals surface area contributed by atoms with Crippen LogP contribution in [-0.4, -0.2) is 6.18 Å². The lowest BCUT2D eigenvalue weighted by atomic mass is 9.99. The van der Waals surface area contributed by atoms with Crippen molar-refractivity contribution >= 4 is 0 Å². The molecule has 0 N–H and O–H groups in total. The molecule has 0 heterocycles. The van der Waals surface area contributed by atoms with Gasteiger partial charge in [0.05, 0.1) is 5.56 Å². The van der Waals surface area contributed by atoms with E-state index in [1.54, 1.807) is 0 Å². The van der Waals surface area contributed by atoms with Gasteiger partial charge in [-0.15, -0.1) is 0 Å². The quantitative estimate of drug-likeness (QED) is 0.0850. The maximum atomic E-state index is 14.9. The van der Waals surface area contributed by atoms with E-state index in [4.69, 9.17) is 0 Å². The van der Waals surface area contributed by atoms with Gasteiger partial charge in [-0.05, 0) is 54.3 Å². The Bertz CT molecular complexity index is 1710. The summed E-state index contributed by atoms with van der Waals surface area (Å²) >= 11 is 0. The predicted octanol–water partition coefficient (Wildman–Crippen LogP) is 11.5. The van der Waals surface area contributed by atoms with E-state index in [2.05, 4.69) is 11.3 Å². The molecular weight excluding hydrogens is 652 g/mol. The SMILES string of the molecule is C=C/C(F)=C(\C(F)=C/CC#Cc1c(F)cc(OC(F)(F)c2c(F)cc(-c3ccc(CCCCC)cc3F)cc2F)cc1F)C(F)(F)F. The minimum absolute atomic E-state index is 0.119. The van der Waals surface area contributed by atoms with Crippen LogP contribution in [0.3, 0.4) is 0 Å². The van der Waals surface area contributed by atoms with Gasteiger partial charge in [0.15, 0.2) is 0 Å². The van der Waals surface area contributed by atoms with Crippen LogP contribution in [0.5, 0.6) is 5.75 Å². The molecule has 0 fully saturated rings. The van der Waals surface area contributed by atoms with Crippen LogP contribution in [0.4, 0.5) is 52.7 Å². The molecule has 3 aromatic carbocycles. The number of hydrogen-bond acceptors (Lipinski definition) is 1. The third-order valence-electron chi connectivity index (χ3n) is 6.55. The van der Waals surface area contributed by atoms with E-state index in [-0.39, 0.29) is 29.8 Å². The minimum Gasteiger partial charge on any atom is -0.429 e. The van der Waals surface area contributed by atoms with Crippen LogP contribution in [0, 0.1) is 40.9 Å². The zero-order valence-corrected chi connectivity index (χ0v) is 24.4. The fourth-order valence-corrected chi connectivity index (χ4v) is 4.33. The van der Waals surface area contributed by atoms with Gasteiger partial charge in [-0.3, -0.25) is 0 Å². The highest BCUT2D eigenvalue weighted by atomic mass is 19.4. The number of hydrogen-bond donors (Lipinski definition) is 0. The maximum Gasteiger partial charge on any atom is 0.432 e. The van der Waals surface area contributed by atoms with E-state index in [1.165, 1.54) is 18.2 Å². The smallest absolute Gasteiger partial charge is 0.429 e. The molecule has 3 rings (SSSR count). The number of halogens is 12. The summed E-state index contributed by atoms with van der Waals surface area (Å²) in [7, 11) is 0. The van der Waals surface area contributed by atoms with Crippen LogP contribution < -0.4 is 4.74 Å². The van der Waals surface area contributed by atoms with Gasteiger partial charge in [0.2, 0.25) is 0 Å². The Kier molecular flexibility index (Phi) is 12.0. The molecule has 13 heteroatoms. The van der Waals surface area contributed by atoms with E-state index in [0.717, 1.165) is 19.3 Å². The number of aryl methyl sites for hydroxylation is 1. The van der Waals surface area contributed by atoms with E-state index in [9.17, 15) is 52.7 Å². The molecule has 0 unspecified atom stereocenters. The largest absolute Gasteiger partial charge is 0.432 e. The van der Waals surface area contributed by atoms with E-state index in [0.29, 0.717) is 24.1 Å². The predicted molar refractivity (Wildman–Crippen MR) is 151 cm³/mol. The van der Waals surface area contributed by atoms with Gasteiger partial charge in [-0.2, -0.15) is 22.0 Å². The van der Waals surface area contributed by atoms with Crippen molar-refractivity contribution in [2.24, 2.45) is 0 Å². The lowest BCUT2D eigenvalue weighted by Crippen LogP contribution is -2.25. The highest BCUT2D eigenvalue weighted by Crippen LogP contribution is 2.39. The summed E-state index contributed by atoms with van der Waals surface area (Å²) in [6.07, 6.45) is -7.68. The number of rotatable bonds is 11. The van der Waals surface area contributed by atoms with Crippen molar-refractivity contribution in [2.75, 3.05) is 0 Å². The highest BCUT2D eigenvalue weighted by molar-refractivity contribution is 5.65. The van der Waals surface area contributed by atoms with Gasteiger partial charge < -0.3 is 4.74 Å². The lowest BCUT2D eigenvalue weighted by molar-refractivity contribution is -0.189. The summed E-state index contributed by atoms with van der Waals surface area (Å²) in [5, 5.41) is 0. The summed E-state index contributed by atoms with van der Waals surface area (Å²) in [4.78, 5) is 0. The van der Waals surface area contributed by atoms with E-state index in [1.807, 2.05) is 18.8 Å². The maximum absolute atomic E-state index is 14.9. The van der Waals surface area contributed by atoms with Gasteiger partial charge in [0.25, 0.3) is 0 Å². The second kappa shape index (κ2) is 15.3. The molecule has 0 spiro atoms. The van der Waals surface area contributed by atoms with E-state index < -0.39 is 87.5 Å². The standard InChI is InChI=1S/C34H24F12O/c1-3-5-6-9-19-12-13-22(26(37)14-19)20-15-29(40)32(30(41)16-20)34(45,46)47-21-17-27(38)23(28(39)18-21)10-7-8-11-25(36)31(24(35)4-2)33(42,43)44/h4,11-18H,2-3,5-6,8-9H2,1H3/b25-11+,31-24-. The average Bonchev–Trinajstić information content (AvgIpc) is 2.95. The number of ether oxygens (including phenoxy) is 1. The van der Waals surface area contributed by atoms with Crippen molar-refractivity contribution in [3.05, 3.63) is 124 Å². The Balaban J connectivity index is 1.83. The average molecular weight is 677 g/mol. The Labute approximate surface area is 261 Å². The Morgan fingerprint density at radius 1 is 0.830 bits per heavy atom. The zero-order valence-electron chi connectivity index (χ0n) is 24.4.